The molecule has 1 atom stereocenters. The Morgan fingerprint density at radius 1 is 1.48 bits per heavy atom. The molecule has 1 aromatic carbocycles. The fraction of sp³-hybridized carbons (Fsp3) is 0.462. The lowest BCUT2D eigenvalue weighted by Crippen LogP contribution is -2.42. The third kappa shape index (κ3) is 3.30. The molecule has 1 aromatic rings. The largest absolute Gasteiger partial charge is 0.495 e. The van der Waals surface area contributed by atoms with Gasteiger partial charge in [0.25, 0.3) is 0 Å². The number of sulfonamides is 1. The monoisotopic (exact) mass is 333 g/mol. The maximum atomic E-state index is 12.7. The highest BCUT2D eigenvalue weighted by Crippen LogP contribution is 2.31. The minimum atomic E-state index is -3.83. The summed E-state index contributed by atoms with van der Waals surface area (Å²) in [5, 5.41) is 9.35. The van der Waals surface area contributed by atoms with Crippen LogP contribution in [0.4, 0.5) is 0 Å². The number of carboxylic acids is 1. The third-order valence-electron chi connectivity index (χ3n) is 3.48. The predicted molar refractivity (Wildman–Crippen MR) is 77.1 cm³/mol. The molecular weight excluding hydrogens is 318 g/mol. The van der Waals surface area contributed by atoms with Crippen molar-refractivity contribution in [2.75, 3.05) is 20.2 Å². The van der Waals surface area contributed by atoms with E-state index in [1.54, 1.807) is 0 Å². The molecule has 0 aliphatic carbocycles. The second-order valence-electron chi connectivity index (χ2n) is 4.84. The van der Waals surface area contributed by atoms with Gasteiger partial charge in [-0.05, 0) is 31.0 Å². The molecule has 0 aromatic heterocycles. The Kier molecular flexibility index (Phi) is 4.75. The smallest absolute Gasteiger partial charge is 0.307 e. The fourth-order valence-electron chi connectivity index (χ4n) is 2.35. The highest BCUT2D eigenvalue weighted by molar-refractivity contribution is 7.89. The van der Waals surface area contributed by atoms with Gasteiger partial charge >= 0.3 is 5.97 Å². The minimum Gasteiger partial charge on any atom is -0.495 e. The van der Waals surface area contributed by atoms with E-state index in [4.69, 9.17) is 21.4 Å². The van der Waals surface area contributed by atoms with Crippen molar-refractivity contribution in [3.05, 3.63) is 23.2 Å². The molecule has 1 aliphatic heterocycles. The predicted octanol–water partition coefficient (Wildman–Crippen LogP) is 1.83. The van der Waals surface area contributed by atoms with Crippen molar-refractivity contribution in [3.63, 3.8) is 0 Å². The van der Waals surface area contributed by atoms with Crippen molar-refractivity contribution in [1.29, 1.82) is 0 Å². The molecule has 0 radical (unpaired) electrons. The first-order valence-electron chi connectivity index (χ1n) is 6.42. The Labute approximate surface area is 128 Å². The Morgan fingerprint density at radius 3 is 2.81 bits per heavy atom. The summed E-state index contributed by atoms with van der Waals surface area (Å²) < 4.78 is 31.6. The maximum Gasteiger partial charge on any atom is 0.307 e. The highest BCUT2D eigenvalue weighted by atomic mass is 35.5. The van der Waals surface area contributed by atoms with Crippen LogP contribution in [-0.2, 0) is 14.8 Å². The van der Waals surface area contributed by atoms with Gasteiger partial charge in [-0.1, -0.05) is 11.6 Å². The molecule has 0 amide bonds. The molecule has 6 nitrogen and oxygen atoms in total. The van der Waals surface area contributed by atoms with Crippen molar-refractivity contribution in [3.8, 4) is 5.75 Å². The molecule has 1 aliphatic rings. The first-order chi connectivity index (χ1) is 9.86. The summed E-state index contributed by atoms with van der Waals surface area (Å²) in [6.07, 6.45) is 0.993. The van der Waals surface area contributed by atoms with Gasteiger partial charge < -0.3 is 9.84 Å². The Hall–Kier alpha value is -1.31. The second-order valence-corrected chi connectivity index (χ2v) is 7.18. The summed E-state index contributed by atoms with van der Waals surface area (Å²) in [6.45, 7) is 0.259. The molecule has 1 unspecified atom stereocenters. The average molecular weight is 334 g/mol. The number of methoxy groups -OCH3 is 1. The fourth-order valence-corrected chi connectivity index (χ4v) is 4.30. The number of piperidine rings is 1. The molecule has 2 rings (SSSR count). The lowest BCUT2D eigenvalue weighted by atomic mass is 10.0. The van der Waals surface area contributed by atoms with Crippen molar-refractivity contribution in [2.24, 2.45) is 5.92 Å². The standard InChI is InChI=1S/C13H16ClNO5S/c1-20-11-5-4-10(14)7-12(11)21(18,19)15-6-2-3-9(8-15)13(16)17/h4-5,7,9H,2-3,6,8H2,1H3,(H,16,17). The molecular formula is C13H16ClNO5S. The number of rotatable bonds is 4. The molecule has 116 valence electrons. The van der Waals surface area contributed by atoms with Gasteiger partial charge in [-0.3, -0.25) is 4.79 Å². The average Bonchev–Trinajstić information content (AvgIpc) is 2.47. The zero-order chi connectivity index (χ0) is 15.6. The molecule has 0 saturated carbocycles. The van der Waals surface area contributed by atoms with Gasteiger partial charge in [0.05, 0.1) is 13.0 Å². The quantitative estimate of drug-likeness (QED) is 0.908. The Morgan fingerprint density at radius 2 is 2.19 bits per heavy atom. The first-order valence-corrected chi connectivity index (χ1v) is 8.24. The van der Waals surface area contributed by atoms with E-state index in [1.807, 2.05) is 0 Å². The van der Waals surface area contributed by atoms with E-state index >= 15 is 0 Å². The van der Waals surface area contributed by atoms with E-state index < -0.39 is 21.9 Å². The van der Waals surface area contributed by atoms with Crippen molar-refractivity contribution in [2.45, 2.75) is 17.7 Å². The number of carbonyl (C=O) groups is 1. The topological polar surface area (TPSA) is 83.9 Å². The van der Waals surface area contributed by atoms with Gasteiger partial charge in [0.1, 0.15) is 10.6 Å². The summed E-state index contributed by atoms with van der Waals surface area (Å²) in [6, 6.07) is 4.34. The van der Waals surface area contributed by atoms with Gasteiger partial charge in [0.2, 0.25) is 10.0 Å². The van der Waals surface area contributed by atoms with E-state index in [-0.39, 0.29) is 22.2 Å². The van der Waals surface area contributed by atoms with Crippen LogP contribution in [0.3, 0.4) is 0 Å². The molecule has 21 heavy (non-hydrogen) atoms. The van der Waals surface area contributed by atoms with Crippen LogP contribution in [0, 0.1) is 5.92 Å². The van der Waals surface area contributed by atoms with Crippen LogP contribution in [0.25, 0.3) is 0 Å². The summed E-state index contributed by atoms with van der Waals surface area (Å²) in [5.41, 5.74) is 0. The van der Waals surface area contributed by atoms with Crippen molar-refractivity contribution < 1.29 is 23.1 Å². The molecule has 1 heterocycles. The number of hydrogen-bond donors (Lipinski definition) is 1. The number of aliphatic carboxylic acids is 1. The zero-order valence-electron chi connectivity index (χ0n) is 11.5. The maximum absolute atomic E-state index is 12.7. The van der Waals surface area contributed by atoms with Crippen molar-refractivity contribution >= 4 is 27.6 Å². The number of benzene rings is 1. The SMILES string of the molecule is COc1ccc(Cl)cc1S(=O)(=O)N1CCCC(C(=O)O)C1. The number of hydrogen-bond acceptors (Lipinski definition) is 4. The van der Waals surface area contributed by atoms with Crippen LogP contribution >= 0.6 is 11.6 Å². The summed E-state index contributed by atoms with van der Waals surface area (Å²) in [4.78, 5) is 11.0. The van der Waals surface area contributed by atoms with Crippen LogP contribution in [0.2, 0.25) is 5.02 Å². The molecule has 0 bridgehead atoms. The number of halogens is 1. The normalized spacial score (nSPS) is 20.2. The van der Waals surface area contributed by atoms with E-state index in [0.717, 1.165) is 0 Å². The highest BCUT2D eigenvalue weighted by Gasteiger charge is 2.34. The zero-order valence-corrected chi connectivity index (χ0v) is 13.0. The van der Waals surface area contributed by atoms with Crippen LogP contribution in [-0.4, -0.2) is 44.0 Å². The van der Waals surface area contributed by atoms with E-state index in [2.05, 4.69) is 0 Å². The van der Waals surface area contributed by atoms with Gasteiger partial charge in [-0.2, -0.15) is 4.31 Å². The van der Waals surface area contributed by atoms with E-state index in [1.165, 1.54) is 29.6 Å². The summed E-state index contributed by atoms with van der Waals surface area (Å²) >= 11 is 5.87. The van der Waals surface area contributed by atoms with E-state index in [9.17, 15) is 13.2 Å². The number of nitrogens with zero attached hydrogens (tertiary/aromatic N) is 1. The molecule has 1 saturated heterocycles. The second kappa shape index (κ2) is 6.21. The molecule has 1 fully saturated rings. The molecule has 1 N–H and O–H groups in total. The first kappa shape index (κ1) is 16.1. The van der Waals surface area contributed by atoms with Crippen LogP contribution < -0.4 is 4.74 Å². The Bertz CT molecular complexity index is 646. The number of ether oxygens (including phenoxy) is 1. The molecule has 8 heteroatoms. The summed E-state index contributed by atoms with van der Waals surface area (Å²) in [5.74, 6) is -1.47. The van der Waals surface area contributed by atoms with Crippen LogP contribution in [0.1, 0.15) is 12.8 Å². The Balaban J connectivity index is 2.38. The van der Waals surface area contributed by atoms with Gasteiger partial charge in [0, 0.05) is 18.1 Å². The lowest BCUT2D eigenvalue weighted by Gasteiger charge is -2.30. The van der Waals surface area contributed by atoms with Crippen LogP contribution in [0.15, 0.2) is 23.1 Å². The lowest BCUT2D eigenvalue weighted by molar-refractivity contribution is -0.142. The van der Waals surface area contributed by atoms with E-state index in [0.29, 0.717) is 19.4 Å². The van der Waals surface area contributed by atoms with Gasteiger partial charge in [0.15, 0.2) is 0 Å². The third-order valence-corrected chi connectivity index (χ3v) is 5.60. The summed E-state index contributed by atoms with van der Waals surface area (Å²) in [7, 11) is -2.46. The van der Waals surface area contributed by atoms with Gasteiger partial charge in [-0.25, -0.2) is 8.42 Å². The molecule has 0 spiro atoms. The van der Waals surface area contributed by atoms with Crippen LogP contribution in [0.5, 0.6) is 5.75 Å². The van der Waals surface area contributed by atoms with Crippen molar-refractivity contribution in [1.82, 2.24) is 4.31 Å². The van der Waals surface area contributed by atoms with Gasteiger partial charge in [-0.15, -0.1) is 0 Å². The number of carboxylic acid groups (broad SMARTS) is 1. The minimum absolute atomic E-state index is 0.0344.